The van der Waals surface area contributed by atoms with Gasteiger partial charge in [-0.25, -0.2) is 0 Å². The van der Waals surface area contributed by atoms with E-state index in [0.717, 1.165) is 20.5 Å². The quantitative estimate of drug-likeness (QED) is 0.667. The van der Waals surface area contributed by atoms with Gasteiger partial charge in [-0.1, -0.05) is 41.9 Å². The summed E-state index contributed by atoms with van der Waals surface area (Å²) in [7, 11) is 0. The number of carbonyl (C=O) groups is 1. The number of fused-ring (bicyclic) bond motifs is 1. The summed E-state index contributed by atoms with van der Waals surface area (Å²) in [6.45, 7) is 1.92. The minimum Gasteiger partial charge on any atom is -0.383 e. The van der Waals surface area contributed by atoms with Crippen molar-refractivity contribution in [3.8, 4) is 0 Å². The third-order valence-corrected chi connectivity index (χ3v) is 5.72. The van der Waals surface area contributed by atoms with Gasteiger partial charge in [0.1, 0.15) is 5.60 Å². The Kier molecular flexibility index (Phi) is 5.42. The minimum absolute atomic E-state index is 0.0821. The highest BCUT2D eigenvalue weighted by atomic mass is 35.5. The topological polar surface area (TPSA) is 49.3 Å². The molecular formula is C20H20ClNO2S. The van der Waals surface area contributed by atoms with Gasteiger partial charge in [0, 0.05) is 21.0 Å². The van der Waals surface area contributed by atoms with E-state index in [-0.39, 0.29) is 12.5 Å². The van der Waals surface area contributed by atoms with Crippen molar-refractivity contribution in [3.05, 3.63) is 70.1 Å². The number of carbonyl (C=O) groups excluding carboxylic acids is 1. The molecule has 1 heterocycles. The lowest BCUT2D eigenvalue weighted by atomic mass is 10.0. The fourth-order valence-electron chi connectivity index (χ4n) is 2.64. The summed E-state index contributed by atoms with van der Waals surface area (Å²) < 4.78 is 1.13. The molecule has 0 aliphatic rings. The molecule has 0 aliphatic carbocycles. The second kappa shape index (κ2) is 7.56. The van der Waals surface area contributed by atoms with Crippen molar-refractivity contribution in [3.63, 3.8) is 0 Å². The zero-order valence-electron chi connectivity index (χ0n) is 14.0. The van der Waals surface area contributed by atoms with Gasteiger partial charge in [-0.2, -0.15) is 0 Å². The summed E-state index contributed by atoms with van der Waals surface area (Å²) in [5, 5.41) is 15.3. The van der Waals surface area contributed by atoms with Gasteiger partial charge >= 0.3 is 0 Å². The Labute approximate surface area is 156 Å². The molecule has 0 aliphatic heterocycles. The van der Waals surface area contributed by atoms with Crippen molar-refractivity contribution in [2.24, 2.45) is 0 Å². The smallest absolute Gasteiger partial charge is 0.220 e. The molecule has 3 rings (SSSR count). The van der Waals surface area contributed by atoms with Gasteiger partial charge in [0.25, 0.3) is 0 Å². The third-order valence-electron chi connectivity index (χ3n) is 4.12. The van der Waals surface area contributed by atoms with Crippen molar-refractivity contribution >= 4 is 38.9 Å². The van der Waals surface area contributed by atoms with Crippen LogP contribution in [0, 0.1) is 0 Å². The van der Waals surface area contributed by atoms with Gasteiger partial charge in [0.2, 0.25) is 5.91 Å². The van der Waals surface area contributed by atoms with Crippen LogP contribution in [0.25, 0.3) is 10.1 Å². The van der Waals surface area contributed by atoms with E-state index in [2.05, 4.69) is 5.32 Å². The highest BCUT2D eigenvalue weighted by Gasteiger charge is 2.26. The number of halogens is 1. The number of rotatable bonds is 6. The molecule has 0 bridgehead atoms. The van der Waals surface area contributed by atoms with Crippen LogP contribution in [0.15, 0.2) is 54.6 Å². The number of nitrogens with one attached hydrogen (secondary N) is 1. The van der Waals surface area contributed by atoms with Crippen molar-refractivity contribution in [2.75, 3.05) is 6.54 Å². The van der Waals surface area contributed by atoms with Crippen LogP contribution in [-0.2, 0) is 16.8 Å². The van der Waals surface area contributed by atoms with Crippen LogP contribution in [-0.4, -0.2) is 17.6 Å². The molecule has 1 amide bonds. The Balaban J connectivity index is 1.56. The highest BCUT2D eigenvalue weighted by Crippen LogP contribution is 2.32. The van der Waals surface area contributed by atoms with E-state index in [1.807, 2.05) is 54.6 Å². The molecule has 5 heteroatoms. The van der Waals surface area contributed by atoms with Crippen LogP contribution >= 0.6 is 22.9 Å². The fraction of sp³-hybridized carbons (Fsp3) is 0.250. The molecule has 3 aromatic rings. The van der Waals surface area contributed by atoms with E-state index in [0.29, 0.717) is 17.9 Å². The molecule has 1 aromatic heterocycles. The Bertz CT molecular complexity index is 855. The number of aliphatic hydroxyl groups is 1. The van der Waals surface area contributed by atoms with Crippen LogP contribution in [0.1, 0.15) is 23.8 Å². The van der Waals surface area contributed by atoms with Crippen LogP contribution in [0.3, 0.4) is 0 Å². The summed E-state index contributed by atoms with van der Waals surface area (Å²) in [5.41, 5.74) is -0.0611. The molecule has 1 atom stereocenters. The number of amides is 1. The van der Waals surface area contributed by atoms with Crippen molar-refractivity contribution in [1.29, 1.82) is 0 Å². The van der Waals surface area contributed by atoms with E-state index < -0.39 is 5.60 Å². The van der Waals surface area contributed by atoms with Gasteiger partial charge in [0.05, 0.1) is 6.54 Å². The number of aryl methyl sites for hydroxylation is 1. The molecule has 0 saturated heterocycles. The first kappa shape index (κ1) is 17.9. The standard InChI is InChI=1S/C20H20ClNO2S/c1-20(24,18-12-15-6-2-3-8-17(15)25-18)13-22-19(23)10-9-14-5-4-7-16(21)11-14/h2-8,11-12,24H,9-10,13H2,1H3,(H,22,23)/t20-/m0/s1. The maximum absolute atomic E-state index is 12.1. The number of benzene rings is 2. The number of hydrogen-bond donors (Lipinski definition) is 2. The van der Waals surface area contributed by atoms with Crippen molar-refractivity contribution < 1.29 is 9.90 Å². The van der Waals surface area contributed by atoms with Crippen LogP contribution in [0.4, 0.5) is 0 Å². The van der Waals surface area contributed by atoms with E-state index in [1.165, 1.54) is 0 Å². The van der Waals surface area contributed by atoms with E-state index in [9.17, 15) is 9.90 Å². The average Bonchev–Trinajstić information content (AvgIpc) is 3.03. The van der Waals surface area contributed by atoms with Gasteiger partial charge in [-0.3, -0.25) is 4.79 Å². The van der Waals surface area contributed by atoms with Crippen LogP contribution in [0.5, 0.6) is 0 Å². The predicted molar refractivity (Wildman–Crippen MR) is 104 cm³/mol. The second-order valence-electron chi connectivity index (χ2n) is 6.33. The first-order valence-corrected chi connectivity index (χ1v) is 9.36. The third kappa shape index (κ3) is 4.60. The van der Waals surface area contributed by atoms with Gasteiger partial charge in [0.15, 0.2) is 0 Å². The molecule has 2 aromatic carbocycles. The molecule has 25 heavy (non-hydrogen) atoms. The largest absolute Gasteiger partial charge is 0.383 e. The van der Waals surface area contributed by atoms with Gasteiger partial charge in [-0.15, -0.1) is 11.3 Å². The molecule has 0 fully saturated rings. The molecule has 0 unspecified atom stereocenters. The van der Waals surface area contributed by atoms with Crippen molar-refractivity contribution in [1.82, 2.24) is 5.32 Å². The lowest BCUT2D eigenvalue weighted by molar-refractivity contribution is -0.122. The molecule has 2 N–H and O–H groups in total. The highest BCUT2D eigenvalue weighted by molar-refractivity contribution is 7.19. The first-order chi connectivity index (χ1) is 11.9. The number of hydrogen-bond acceptors (Lipinski definition) is 3. The van der Waals surface area contributed by atoms with Gasteiger partial charge < -0.3 is 10.4 Å². The minimum atomic E-state index is -1.09. The lowest BCUT2D eigenvalue weighted by Crippen LogP contribution is -2.38. The van der Waals surface area contributed by atoms with E-state index in [1.54, 1.807) is 18.3 Å². The maximum Gasteiger partial charge on any atom is 0.220 e. The zero-order valence-corrected chi connectivity index (χ0v) is 15.5. The first-order valence-electron chi connectivity index (χ1n) is 8.17. The lowest BCUT2D eigenvalue weighted by Gasteiger charge is -2.22. The summed E-state index contributed by atoms with van der Waals surface area (Å²) in [5.74, 6) is -0.0821. The second-order valence-corrected chi connectivity index (χ2v) is 7.85. The van der Waals surface area contributed by atoms with E-state index in [4.69, 9.17) is 11.6 Å². The summed E-state index contributed by atoms with van der Waals surface area (Å²) in [6.07, 6.45) is 0.986. The molecule has 0 saturated carbocycles. The van der Waals surface area contributed by atoms with Crippen LogP contribution in [0.2, 0.25) is 5.02 Å². The van der Waals surface area contributed by atoms with E-state index >= 15 is 0 Å². The molecule has 0 radical (unpaired) electrons. The van der Waals surface area contributed by atoms with Crippen molar-refractivity contribution in [2.45, 2.75) is 25.4 Å². The maximum atomic E-state index is 12.1. The Morgan fingerprint density at radius 2 is 2.00 bits per heavy atom. The number of thiophene rings is 1. The zero-order chi connectivity index (χ0) is 17.9. The fourth-order valence-corrected chi connectivity index (χ4v) is 3.96. The normalized spacial score (nSPS) is 13.6. The Morgan fingerprint density at radius 3 is 2.76 bits per heavy atom. The summed E-state index contributed by atoms with van der Waals surface area (Å²) in [6, 6.07) is 17.5. The monoisotopic (exact) mass is 373 g/mol. The molecular weight excluding hydrogens is 354 g/mol. The summed E-state index contributed by atoms with van der Waals surface area (Å²) in [4.78, 5) is 13.0. The summed E-state index contributed by atoms with van der Waals surface area (Å²) >= 11 is 7.50. The Hall–Kier alpha value is -1.88. The average molecular weight is 374 g/mol. The molecule has 0 spiro atoms. The molecule has 130 valence electrons. The SMILES string of the molecule is C[C@](O)(CNC(=O)CCc1cccc(Cl)c1)c1cc2ccccc2s1. The molecule has 3 nitrogen and oxygen atoms in total. The Morgan fingerprint density at radius 1 is 1.20 bits per heavy atom. The predicted octanol–water partition coefficient (Wildman–Crippen LogP) is 4.51. The van der Waals surface area contributed by atoms with Gasteiger partial charge in [-0.05, 0) is 48.6 Å². The van der Waals surface area contributed by atoms with Crippen LogP contribution < -0.4 is 5.32 Å².